The Labute approximate surface area is 169 Å². The van der Waals surface area contributed by atoms with Crippen molar-refractivity contribution in [1.29, 1.82) is 0 Å². The van der Waals surface area contributed by atoms with Gasteiger partial charge in [-0.2, -0.15) is 0 Å². The molecule has 1 atom stereocenters. The van der Waals surface area contributed by atoms with Gasteiger partial charge in [-0.3, -0.25) is 9.69 Å². The zero-order valence-corrected chi connectivity index (χ0v) is 16.6. The number of amides is 1. The van der Waals surface area contributed by atoms with Crippen molar-refractivity contribution in [2.45, 2.75) is 38.8 Å². The van der Waals surface area contributed by atoms with Gasteiger partial charge in [0.1, 0.15) is 12.3 Å². The van der Waals surface area contributed by atoms with Crippen molar-refractivity contribution >= 4 is 5.91 Å². The molecule has 1 saturated heterocycles. The second-order valence-corrected chi connectivity index (χ2v) is 7.24. The third kappa shape index (κ3) is 4.40. The van der Waals surface area contributed by atoms with Crippen LogP contribution >= 0.6 is 0 Å². The number of rotatable bonds is 8. The summed E-state index contributed by atoms with van der Waals surface area (Å²) in [6.07, 6.45) is 6.35. The van der Waals surface area contributed by atoms with Gasteiger partial charge in [0.15, 0.2) is 11.6 Å². The Morgan fingerprint density at radius 1 is 1.14 bits per heavy atom. The first-order valence-electron chi connectivity index (χ1n) is 10.1. The van der Waals surface area contributed by atoms with Gasteiger partial charge in [-0.15, -0.1) is 5.10 Å². The second-order valence-electron chi connectivity index (χ2n) is 7.24. The third-order valence-electron chi connectivity index (χ3n) is 5.35. The molecule has 154 valence electrons. The van der Waals surface area contributed by atoms with E-state index in [9.17, 15) is 4.79 Å². The van der Waals surface area contributed by atoms with Gasteiger partial charge in [0.2, 0.25) is 0 Å². The van der Waals surface area contributed by atoms with Gasteiger partial charge in [-0.25, -0.2) is 4.68 Å². The molecular weight excluding hydrogens is 372 g/mol. The minimum atomic E-state index is -0.0533. The summed E-state index contributed by atoms with van der Waals surface area (Å²) in [5.74, 6) is 2.01. The van der Waals surface area contributed by atoms with Crippen LogP contribution in [0, 0.1) is 0 Å². The van der Waals surface area contributed by atoms with Gasteiger partial charge >= 0.3 is 0 Å². The molecule has 0 aliphatic carbocycles. The van der Waals surface area contributed by atoms with Crippen LogP contribution in [0.15, 0.2) is 45.6 Å². The first-order chi connectivity index (χ1) is 14.3. The molecule has 1 amide bonds. The molecule has 0 saturated carbocycles. The van der Waals surface area contributed by atoms with E-state index >= 15 is 0 Å². The summed E-state index contributed by atoms with van der Waals surface area (Å²) in [7, 11) is 0. The Morgan fingerprint density at radius 3 is 2.62 bits per heavy atom. The van der Waals surface area contributed by atoms with E-state index in [4.69, 9.17) is 8.83 Å². The average molecular weight is 398 g/mol. The molecule has 3 aromatic rings. The van der Waals surface area contributed by atoms with Gasteiger partial charge in [0, 0.05) is 26.2 Å². The standard InChI is InChI=1S/C20H26N6O3/c1-2-3-7-17(19-21-22-23-26(19)15-16-6-4-13-28-16)24-9-11-25(12-10-24)20(27)18-8-5-14-29-18/h4-6,8,13-14,17H,2-3,7,9-12,15H2,1H3. The first-order valence-corrected chi connectivity index (χ1v) is 10.1. The highest BCUT2D eigenvalue weighted by Crippen LogP contribution is 2.26. The topological polar surface area (TPSA) is 93.4 Å². The fraction of sp³-hybridized carbons (Fsp3) is 0.500. The number of unbranched alkanes of at least 4 members (excludes halogenated alkanes) is 1. The van der Waals surface area contributed by atoms with Crippen LogP contribution in [0.3, 0.4) is 0 Å². The molecule has 1 aliphatic rings. The number of tetrazole rings is 1. The Morgan fingerprint density at radius 2 is 1.93 bits per heavy atom. The summed E-state index contributed by atoms with van der Waals surface area (Å²) >= 11 is 0. The van der Waals surface area contributed by atoms with Crippen molar-refractivity contribution < 1.29 is 13.6 Å². The largest absolute Gasteiger partial charge is 0.467 e. The van der Waals surface area contributed by atoms with E-state index in [2.05, 4.69) is 27.3 Å². The van der Waals surface area contributed by atoms with Gasteiger partial charge in [-0.05, 0) is 41.1 Å². The van der Waals surface area contributed by atoms with Gasteiger partial charge in [0.05, 0.1) is 18.6 Å². The lowest BCUT2D eigenvalue weighted by Crippen LogP contribution is -2.50. The van der Waals surface area contributed by atoms with Crippen molar-refractivity contribution in [2.75, 3.05) is 26.2 Å². The monoisotopic (exact) mass is 398 g/mol. The Balaban J connectivity index is 1.46. The maximum Gasteiger partial charge on any atom is 0.289 e. The normalized spacial score (nSPS) is 16.2. The zero-order valence-electron chi connectivity index (χ0n) is 16.6. The summed E-state index contributed by atoms with van der Waals surface area (Å²) in [6, 6.07) is 7.35. The molecule has 4 rings (SSSR count). The number of hydrogen-bond acceptors (Lipinski definition) is 7. The number of carbonyl (C=O) groups excluding carboxylic acids is 1. The highest BCUT2D eigenvalue weighted by Gasteiger charge is 2.31. The molecule has 1 unspecified atom stereocenters. The third-order valence-corrected chi connectivity index (χ3v) is 5.35. The summed E-state index contributed by atoms with van der Waals surface area (Å²) in [6.45, 7) is 5.55. The molecule has 0 N–H and O–H groups in total. The van der Waals surface area contributed by atoms with E-state index in [-0.39, 0.29) is 11.9 Å². The smallest absolute Gasteiger partial charge is 0.289 e. The van der Waals surface area contributed by atoms with Gasteiger partial charge < -0.3 is 13.7 Å². The molecule has 0 aromatic carbocycles. The first kappa shape index (κ1) is 19.4. The van der Waals surface area contributed by atoms with Crippen LogP contribution in [-0.4, -0.2) is 62.1 Å². The van der Waals surface area contributed by atoms with Crippen LogP contribution in [0.1, 0.15) is 54.4 Å². The van der Waals surface area contributed by atoms with Gasteiger partial charge in [0.25, 0.3) is 5.91 Å². The van der Waals surface area contributed by atoms with Crippen LogP contribution in [0.2, 0.25) is 0 Å². The van der Waals surface area contributed by atoms with E-state index < -0.39 is 0 Å². The van der Waals surface area contributed by atoms with E-state index in [1.807, 2.05) is 21.7 Å². The lowest BCUT2D eigenvalue weighted by Gasteiger charge is -2.38. The summed E-state index contributed by atoms with van der Waals surface area (Å²) < 4.78 is 12.5. The number of furan rings is 2. The minimum absolute atomic E-state index is 0.0533. The number of hydrogen-bond donors (Lipinski definition) is 0. The SMILES string of the molecule is CCCCC(c1nnnn1Cc1ccco1)N1CCN(C(=O)c2ccco2)CC1. The van der Waals surface area contributed by atoms with Crippen LogP contribution in [-0.2, 0) is 6.54 Å². The van der Waals surface area contributed by atoms with Crippen molar-refractivity contribution in [1.82, 2.24) is 30.0 Å². The van der Waals surface area contributed by atoms with E-state index in [0.717, 1.165) is 43.9 Å². The highest BCUT2D eigenvalue weighted by atomic mass is 16.3. The molecule has 0 spiro atoms. The molecule has 9 nitrogen and oxygen atoms in total. The molecule has 1 aliphatic heterocycles. The number of aromatic nitrogens is 4. The molecule has 9 heteroatoms. The minimum Gasteiger partial charge on any atom is -0.467 e. The Bertz CT molecular complexity index is 881. The highest BCUT2D eigenvalue weighted by molar-refractivity contribution is 5.91. The summed E-state index contributed by atoms with van der Waals surface area (Å²) in [5.41, 5.74) is 0. The van der Waals surface area contributed by atoms with Gasteiger partial charge in [-0.1, -0.05) is 19.8 Å². The lowest BCUT2D eigenvalue weighted by atomic mass is 10.1. The zero-order chi connectivity index (χ0) is 20.1. The predicted molar refractivity (Wildman–Crippen MR) is 104 cm³/mol. The molecule has 0 bridgehead atoms. The van der Waals surface area contributed by atoms with Crippen LogP contribution in [0.25, 0.3) is 0 Å². The van der Waals surface area contributed by atoms with E-state index in [1.165, 1.54) is 6.26 Å². The summed E-state index contributed by atoms with van der Waals surface area (Å²) in [5, 5.41) is 12.4. The molecule has 0 radical (unpaired) electrons. The Kier molecular flexibility index (Phi) is 6.04. The van der Waals surface area contributed by atoms with Crippen LogP contribution in [0.5, 0.6) is 0 Å². The fourth-order valence-electron chi connectivity index (χ4n) is 3.78. The second kappa shape index (κ2) is 9.04. The lowest BCUT2D eigenvalue weighted by molar-refractivity contribution is 0.0513. The van der Waals surface area contributed by atoms with Crippen molar-refractivity contribution in [3.63, 3.8) is 0 Å². The fourth-order valence-corrected chi connectivity index (χ4v) is 3.78. The molecule has 3 aromatic heterocycles. The number of piperazine rings is 1. The van der Waals surface area contributed by atoms with E-state index in [1.54, 1.807) is 18.4 Å². The molecule has 4 heterocycles. The predicted octanol–water partition coefficient (Wildman–Crippen LogP) is 2.60. The van der Waals surface area contributed by atoms with E-state index in [0.29, 0.717) is 25.4 Å². The van der Waals surface area contributed by atoms with Crippen LogP contribution in [0.4, 0.5) is 0 Å². The molecular formula is C20H26N6O3. The maximum absolute atomic E-state index is 12.5. The maximum atomic E-state index is 12.5. The Hall–Kier alpha value is -2.94. The molecule has 1 fully saturated rings. The van der Waals surface area contributed by atoms with Crippen molar-refractivity contribution in [2.24, 2.45) is 0 Å². The van der Waals surface area contributed by atoms with Crippen molar-refractivity contribution in [3.8, 4) is 0 Å². The number of nitrogens with zero attached hydrogens (tertiary/aromatic N) is 6. The molecule has 29 heavy (non-hydrogen) atoms. The summed E-state index contributed by atoms with van der Waals surface area (Å²) in [4.78, 5) is 16.8. The van der Waals surface area contributed by atoms with Crippen molar-refractivity contribution in [3.05, 3.63) is 54.1 Å². The number of carbonyl (C=O) groups is 1. The van der Waals surface area contributed by atoms with Crippen LogP contribution < -0.4 is 0 Å². The quantitative estimate of drug-likeness (QED) is 0.576. The average Bonchev–Trinajstić information content (AvgIpc) is 3.52.